The Morgan fingerprint density at radius 3 is 2.21 bits per heavy atom. The van der Waals surface area contributed by atoms with Crippen LogP contribution in [0.3, 0.4) is 0 Å². The Balaban J connectivity index is 4.51. The van der Waals surface area contributed by atoms with Crippen LogP contribution in [0.25, 0.3) is 0 Å². The van der Waals surface area contributed by atoms with Crippen LogP contribution in [-0.4, -0.2) is 63.7 Å². The average Bonchev–Trinajstić information content (AvgIpc) is 2.19. The summed E-state index contributed by atoms with van der Waals surface area (Å²) in [6.45, 7) is 3.96. The molecular formula is C11H25N2O5S+. The third kappa shape index (κ3) is 10.9. The molecule has 0 aromatic rings. The number of nitrogens with zero attached hydrogens (tertiary/aromatic N) is 1. The molecule has 0 bridgehead atoms. The second kappa shape index (κ2) is 7.18. The first kappa shape index (κ1) is 18.3. The molecule has 0 aromatic carbocycles. The Hall–Kier alpha value is -0.700. The van der Waals surface area contributed by atoms with Crippen molar-refractivity contribution < 1.29 is 26.4 Å². The minimum Gasteiger partial charge on any atom is -0.351 e. The van der Waals surface area contributed by atoms with Crippen LogP contribution in [0.1, 0.15) is 20.3 Å². The van der Waals surface area contributed by atoms with Crippen molar-refractivity contribution in [3.8, 4) is 0 Å². The van der Waals surface area contributed by atoms with E-state index in [9.17, 15) is 13.2 Å². The molecule has 0 aliphatic rings. The van der Waals surface area contributed by atoms with E-state index in [-0.39, 0.29) is 18.4 Å². The summed E-state index contributed by atoms with van der Waals surface area (Å²) in [5, 5.41) is 2.71. The van der Waals surface area contributed by atoms with E-state index >= 15 is 0 Å². The highest BCUT2D eigenvalue weighted by molar-refractivity contribution is 7.80. The fourth-order valence-corrected chi connectivity index (χ4v) is 1.61. The van der Waals surface area contributed by atoms with Gasteiger partial charge in [-0.1, -0.05) is 13.8 Å². The monoisotopic (exact) mass is 297 g/mol. The summed E-state index contributed by atoms with van der Waals surface area (Å²) in [5.41, 5.74) is 0. The standard InChI is InChI=1S/C11H24N2O5S/c1-9(2)11(14)12-10(6-7-13(3,4)5)8-18-19(15,16)17/h9-10H,6-8H2,1-5H3,(H-,12,14,15,16,17)/p+1. The molecule has 1 amide bonds. The molecule has 0 saturated heterocycles. The summed E-state index contributed by atoms with van der Waals surface area (Å²) in [6.07, 6.45) is 0.553. The van der Waals surface area contributed by atoms with Crippen molar-refractivity contribution in [3.63, 3.8) is 0 Å². The predicted molar refractivity (Wildman–Crippen MR) is 71.8 cm³/mol. The lowest BCUT2D eigenvalue weighted by Crippen LogP contribution is -2.45. The van der Waals surface area contributed by atoms with E-state index in [2.05, 4.69) is 9.50 Å². The molecule has 0 aliphatic carbocycles. The number of amides is 1. The van der Waals surface area contributed by atoms with E-state index in [0.29, 0.717) is 10.9 Å². The van der Waals surface area contributed by atoms with Crippen LogP contribution >= 0.6 is 0 Å². The van der Waals surface area contributed by atoms with Gasteiger partial charge in [0.2, 0.25) is 5.91 Å². The lowest BCUT2D eigenvalue weighted by molar-refractivity contribution is -0.870. The molecule has 114 valence electrons. The molecule has 0 saturated carbocycles. The van der Waals surface area contributed by atoms with Gasteiger partial charge < -0.3 is 9.80 Å². The fraction of sp³-hybridized carbons (Fsp3) is 0.909. The second-order valence-electron chi connectivity index (χ2n) is 5.88. The quantitative estimate of drug-likeness (QED) is 0.487. The highest BCUT2D eigenvalue weighted by Crippen LogP contribution is 2.03. The third-order valence-electron chi connectivity index (χ3n) is 2.44. The van der Waals surface area contributed by atoms with Crippen LogP contribution in [0.5, 0.6) is 0 Å². The van der Waals surface area contributed by atoms with Gasteiger partial charge in [0.25, 0.3) is 0 Å². The van der Waals surface area contributed by atoms with E-state index in [1.807, 2.05) is 21.1 Å². The Kier molecular flexibility index (Phi) is 6.92. The van der Waals surface area contributed by atoms with Crippen LogP contribution in [0.15, 0.2) is 0 Å². The predicted octanol–water partition coefficient (Wildman–Crippen LogP) is 0.0429. The van der Waals surface area contributed by atoms with Crippen LogP contribution in [0, 0.1) is 5.92 Å². The Bertz CT molecular complexity index is 386. The lowest BCUT2D eigenvalue weighted by atomic mass is 10.1. The van der Waals surface area contributed by atoms with Gasteiger partial charge in [0.1, 0.15) is 0 Å². The van der Waals surface area contributed by atoms with Gasteiger partial charge in [-0.15, -0.1) is 0 Å². The highest BCUT2D eigenvalue weighted by Gasteiger charge is 2.20. The van der Waals surface area contributed by atoms with Gasteiger partial charge in [0, 0.05) is 12.3 Å². The van der Waals surface area contributed by atoms with Crippen molar-refractivity contribution in [2.75, 3.05) is 34.3 Å². The van der Waals surface area contributed by atoms with E-state index in [1.54, 1.807) is 13.8 Å². The zero-order valence-electron chi connectivity index (χ0n) is 12.2. The molecule has 2 N–H and O–H groups in total. The summed E-state index contributed by atoms with van der Waals surface area (Å²) < 4.78 is 34.7. The van der Waals surface area contributed by atoms with Crippen LogP contribution in [0.2, 0.25) is 0 Å². The van der Waals surface area contributed by atoms with Crippen molar-refractivity contribution in [1.29, 1.82) is 0 Å². The zero-order chi connectivity index (χ0) is 15.3. The maximum atomic E-state index is 11.6. The van der Waals surface area contributed by atoms with Crippen LogP contribution < -0.4 is 5.32 Å². The molecule has 0 fully saturated rings. The van der Waals surface area contributed by atoms with E-state index in [1.165, 1.54) is 0 Å². The lowest BCUT2D eigenvalue weighted by Gasteiger charge is -2.27. The van der Waals surface area contributed by atoms with Crippen LogP contribution in [-0.2, 0) is 19.4 Å². The number of hydrogen-bond donors (Lipinski definition) is 2. The number of quaternary nitrogens is 1. The minimum absolute atomic E-state index is 0.176. The van der Waals surface area contributed by atoms with Gasteiger partial charge in [0.05, 0.1) is 40.3 Å². The first-order valence-electron chi connectivity index (χ1n) is 6.13. The van der Waals surface area contributed by atoms with Crippen LogP contribution in [0.4, 0.5) is 0 Å². The SMILES string of the molecule is CC(C)C(=O)NC(CC[N+](C)(C)C)COS(=O)(=O)O. The second-order valence-corrected chi connectivity index (χ2v) is 6.97. The summed E-state index contributed by atoms with van der Waals surface area (Å²) in [6, 6.07) is -0.450. The first-order valence-corrected chi connectivity index (χ1v) is 7.50. The first-order chi connectivity index (χ1) is 8.41. The molecular weight excluding hydrogens is 272 g/mol. The van der Waals surface area contributed by atoms with Crippen molar-refractivity contribution in [1.82, 2.24) is 5.32 Å². The zero-order valence-corrected chi connectivity index (χ0v) is 13.0. The number of carbonyl (C=O) groups excluding carboxylic acids is 1. The molecule has 8 heteroatoms. The summed E-state index contributed by atoms with van der Waals surface area (Å²) >= 11 is 0. The molecule has 0 rings (SSSR count). The van der Waals surface area contributed by atoms with Crippen molar-refractivity contribution in [2.24, 2.45) is 5.92 Å². The molecule has 0 aromatic heterocycles. The Morgan fingerprint density at radius 2 is 1.84 bits per heavy atom. The number of rotatable bonds is 8. The fourth-order valence-electron chi connectivity index (χ4n) is 1.28. The molecule has 19 heavy (non-hydrogen) atoms. The summed E-state index contributed by atoms with van der Waals surface area (Å²) in [5.74, 6) is -0.372. The van der Waals surface area contributed by atoms with Gasteiger partial charge in [-0.25, -0.2) is 4.18 Å². The molecule has 1 unspecified atom stereocenters. The average molecular weight is 297 g/mol. The van der Waals surface area contributed by atoms with Crippen molar-refractivity contribution in [2.45, 2.75) is 26.3 Å². The van der Waals surface area contributed by atoms with E-state index < -0.39 is 16.4 Å². The number of carbonyl (C=O) groups is 1. The minimum atomic E-state index is -4.49. The highest BCUT2D eigenvalue weighted by atomic mass is 32.3. The number of nitrogens with one attached hydrogen (secondary N) is 1. The molecule has 7 nitrogen and oxygen atoms in total. The van der Waals surface area contributed by atoms with Gasteiger partial charge in [0.15, 0.2) is 0 Å². The molecule has 0 heterocycles. The van der Waals surface area contributed by atoms with Gasteiger partial charge in [-0.05, 0) is 0 Å². The maximum Gasteiger partial charge on any atom is 0.397 e. The summed E-state index contributed by atoms with van der Waals surface area (Å²) in [4.78, 5) is 11.6. The van der Waals surface area contributed by atoms with Crippen molar-refractivity contribution >= 4 is 16.3 Å². The Labute approximate surface area is 115 Å². The Morgan fingerprint density at radius 1 is 1.32 bits per heavy atom. The van der Waals surface area contributed by atoms with Gasteiger partial charge in [-0.3, -0.25) is 9.35 Å². The topological polar surface area (TPSA) is 92.7 Å². The van der Waals surface area contributed by atoms with Gasteiger partial charge >= 0.3 is 10.4 Å². The van der Waals surface area contributed by atoms with E-state index in [4.69, 9.17) is 4.55 Å². The molecule has 0 spiro atoms. The van der Waals surface area contributed by atoms with Gasteiger partial charge in [-0.2, -0.15) is 8.42 Å². The largest absolute Gasteiger partial charge is 0.397 e. The molecule has 0 radical (unpaired) electrons. The smallest absolute Gasteiger partial charge is 0.351 e. The van der Waals surface area contributed by atoms with Crippen molar-refractivity contribution in [3.05, 3.63) is 0 Å². The van der Waals surface area contributed by atoms with E-state index in [0.717, 1.165) is 6.54 Å². The maximum absolute atomic E-state index is 11.6. The number of hydrogen-bond acceptors (Lipinski definition) is 4. The summed E-state index contributed by atoms with van der Waals surface area (Å²) in [7, 11) is 1.49. The third-order valence-corrected chi connectivity index (χ3v) is 2.87. The molecule has 0 aliphatic heterocycles. The normalized spacial score (nSPS) is 14.5. The molecule has 1 atom stereocenters.